The van der Waals surface area contributed by atoms with Gasteiger partial charge in [-0.05, 0) is 9.91 Å². The van der Waals surface area contributed by atoms with E-state index in [1.165, 1.54) is 0 Å². The van der Waals surface area contributed by atoms with Crippen LogP contribution in [0.1, 0.15) is 11.5 Å². The largest absolute Gasteiger partial charge is 0.391 e. The minimum absolute atomic E-state index is 0.0220. The molecule has 0 aliphatic rings. The van der Waals surface area contributed by atoms with E-state index in [4.69, 9.17) is 0 Å². The van der Waals surface area contributed by atoms with Crippen molar-refractivity contribution in [2.24, 2.45) is 7.05 Å². The van der Waals surface area contributed by atoms with Gasteiger partial charge in [-0.1, -0.05) is 0 Å². The summed E-state index contributed by atoms with van der Waals surface area (Å²) in [6, 6.07) is 0. The molecule has 1 aromatic rings. The number of rotatable bonds is 3. The van der Waals surface area contributed by atoms with Crippen molar-refractivity contribution in [3.8, 4) is 0 Å². The average Bonchev–Trinajstić information content (AvgIpc) is 2.32. The van der Waals surface area contributed by atoms with Crippen LogP contribution < -0.4 is 4.90 Å². The van der Waals surface area contributed by atoms with E-state index >= 15 is 0 Å². The molecule has 6 heteroatoms. The molecule has 0 saturated heterocycles. The van der Waals surface area contributed by atoms with Gasteiger partial charge in [-0.15, -0.1) is 0 Å². The Hall–Kier alpha value is -1.43. The summed E-state index contributed by atoms with van der Waals surface area (Å²) < 4.78 is 1.77. The second-order valence-electron chi connectivity index (χ2n) is 3.63. The van der Waals surface area contributed by atoms with Crippen LogP contribution in [0, 0.1) is 17.0 Å². The molecular formula is C8H15N4O2+. The first-order valence-corrected chi connectivity index (χ1v) is 4.39. The van der Waals surface area contributed by atoms with Gasteiger partial charge in [0.2, 0.25) is 5.82 Å². The molecule has 1 rings (SSSR count). The van der Waals surface area contributed by atoms with Crippen LogP contribution in [0.2, 0.25) is 0 Å². The van der Waals surface area contributed by atoms with E-state index in [2.05, 4.69) is 4.98 Å². The minimum Gasteiger partial charge on any atom is -0.358 e. The lowest BCUT2D eigenvalue weighted by Gasteiger charge is -2.06. The summed E-state index contributed by atoms with van der Waals surface area (Å²) >= 11 is 0. The molecule has 1 N–H and O–H groups in total. The van der Waals surface area contributed by atoms with E-state index in [1.54, 1.807) is 18.5 Å². The van der Waals surface area contributed by atoms with Crippen LogP contribution in [0.4, 0.5) is 5.82 Å². The lowest BCUT2D eigenvalue weighted by Crippen LogP contribution is -3.04. The molecular weight excluding hydrogens is 184 g/mol. The van der Waals surface area contributed by atoms with Crippen molar-refractivity contribution < 1.29 is 9.82 Å². The number of aryl methyl sites for hydroxylation is 1. The van der Waals surface area contributed by atoms with Gasteiger partial charge < -0.3 is 19.6 Å². The van der Waals surface area contributed by atoms with Crippen LogP contribution in [0.15, 0.2) is 0 Å². The molecule has 0 amide bonds. The lowest BCUT2D eigenvalue weighted by molar-refractivity contribution is -0.873. The van der Waals surface area contributed by atoms with E-state index in [-0.39, 0.29) is 5.82 Å². The third-order valence-corrected chi connectivity index (χ3v) is 2.11. The van der Waals surface area contributed by atoms with Crippen LogP contribution in [-0.4, -0.2) is 28.6 Å². The maximum atomic E-state index is 10.7. The molecule has 0 saturated carbocycles. The Labute approximate surface area is 82.3 Å². The predicted octanol–water partition coefficient (Wildman–Crippen LogP) is -0.719. The van der Waals surface area contributed by atoms with Gasteiger partial charge in [-0.3, -0.25) is 0 Å². The van der Waals surface area contributed by atoms with Gasteiger partial charge in [0.15, 0.2) is 5.69 Å². The molecule has 0 atom stereocenters. The van der Waals surface area contributed by atoms with Crippen molar-refractivity contribution in [3.05, 3.63) is 21.6 Å². The van der Waals surface area contributed by atoms with Crippen LogP contribution in [0.3, 0.4) is 0 Å². The number of imidazole rings is 1. The monoisotopic (exact) mass is 199 g/mol. The topological polar surface area (TPSA) is 65.4 Å². The van der Waals surface area contributed by atoms with Gasteiger partial charge in [-0.2, -0.15) is 0 Å². The molecule has 6 nitrogen and oxygen atoms in total. The van der Waals surface area contributed by atoms with Crippen molar-refractivity contribution in [2.45, 2.75) is 13.5 Å². The molecule has 78 valence electrons. The Morgan fingerprint density at radius 3 is 2.57 bits per heavy atom. The summed E-state index contributed by atoms with van der Waals surface area (Å²) in [7, 11) is 5.70. The maximum Gasteiger partial charge on any atom is 0.391 e. The number of nitro groups is 1. The van der Waals surface area contributed by atoms with E-state index in [0.29, 0.717) is 18.1 Å². The molecule has 1 heterocycles. The van der Waals surface area contributed by atoms with Gasteiger partial charge in [0.05, 0.1) is 14.1 Å². The summed E-state index contributed by atoms with van der Waals surface area (Å²) in [6.45, 7) is 2.37. The van der Waals surface area contributed by atoms with Crippen molar-refractivity contribution in [3.63, 3.8) is 0 Å². The van der Waals surface area contributed by atoms with E-state index in [9.17, 15) is 10.1 Å². The van der Waals surface area contributed by atoms with Gasteiger partial charge in [-0.25, -0.2) is 0 Å². The fraction of sp³-hybridized carbons (Fsp3) is 0.625. The molecule has 0 aliphatic heterocycles. The SMILES string of the molecule is Cc1nc([N+](=O)[O-])c(C[NH+](C)C)n1C. The first-order valence-electron chi connectivity index (χ1n) is 4.39. The molecule has 0 bridgehead atoms. The molecule has 0 aliphatic carbocycles. The van der Waals surface area contributed by atoms with E-state index in [0.717, 1.165) is 4.90 Å². The van der Waals surface area contributed by atoms with Gasteiger partial charge in [0.25, 0.3) is 0 Å². The Bertz CT molecular complexity index is 356. The number of quaternary nitrogens is 1. The second kappa shape index (κ2) is 3.75. The van der Waals surface area contributed by atoms with Crippen LogP contribution >= 0.6 is 0 Å². The quantitative estimate of drug-likeness (QED) is 0.516. The third kappa shape index (κ3) is 1.90. The summed E-state index contributed by atoms with van der Waals surface area (Å²) in [5.74, 6) is 0.652. The van der Waals surface area contributed by atoms with Crippen molar-refractivity contribution in [1.82, 2.24) is 9.55 Å². The fourth-order valence-electron chi connectivity index (χ4n) is 1.32. The number of nitrogens with zero attached hydrogens (tertiary/aromatic N) is 3. The molecule has 0 aromatic carbocycles. The van der Waals surface area contributed by atoms with Crippen LogP contribution in [0.25, 0.3) is 0 Å². The van der Waals surface area contributed by atoms with Gasteiger partial charge >= 0.3 is 5.82 Å². The van der Waals surface area contributed by atoms with Crippen molar-refractivity contribution in [1.29, 1.82) is 0 Å². The Balaban J connectivity index is 3.16. The summed E-state index contributed by atoms with van der Waals surface area (Å²) in [5, 5.41) is 10.7. The second-order valence-corrected chi connectivity index (χ2v) is 3.63. The number of aromatic nitrogens is 2. The fourth-order valence-corrected chi connectivity index (χ4v) is 1.32. The van der Waals surface area contributed by atoms with E-state index in [1.807, 2.05) is 14.1 Å². The third-order valence-electron chi connectivity index (χ3n) is 2.11. The Morgan fingerprint density at radius 2 is 2.14 bits per heavy atom. The van der Waals surface area contributed by atoms with Gasteiger partial charge in [0, 0.05) is 14.0 Å². The smallest absolute Gasteiger partial charge is 0.358 e. The normalized spacial score (nSPS) is 10.9. The molecule has 0 radical (unpaired) electrons. The summed E-state index contributed by atoms with van der Waals surface area (Å²) in [4.78, 5) is 15.3. The number of nitrogens with one attached hydrogen (secondary N) is 1. The zero-order chi connectivity index (χ0) is 10.9. The Morgan fingerprint density at radius 1 is 1.57 bits per heavy atom. The van der Waals surface area contributed by atoms with Crippen LogP contribution in [-0.2, 0) is 13.6 Å². The standard InChI is InChI=1S/C8H14N4O2/c1-6-9-8(12(13)14)7(11(6)4)5-10(2)3/h5H2,1-4H3/p+1. The number of hydrogen-bond donors (Lipinski definition) is 1. The summed E-state index contributed by atoms with van der Waals surface area (Å²) in [6.07, 6.45) is 0. The van der Waals surface area contributed by atoms with Crippen LogP contribution in [0.5, 0.6) is 0 Å². The molecule has 0 unspecified atom stereocenters. The number of hydrogen-bond acceptors (Lipinski definition) is 3. The van der Waals surface area contributed by atoms with Crippen molar-refractivity contribution >= 4 is 5.82 Å². The average molecular weight is 199 g/mol. The lowest BCUT2D eigenvalue weighted by atomic mass is 10.4. The molecule has 14 heavy (non-hydrogen) atoms. The molecule has 0 fully saturated rings. The maximum absolute atomic E-state index is 10.7. The zero-order valence-corrected chi connectivity index (χ0v) is 8.87. The van der Waals surface area contributed by atoms with Gasteiger partial charge in [0.1, 0.15) is 6.54 Å². The highest BCUT2D eigenvalue weighted by Crippen LogP contribution is 2.16. The predicted molar refractivity (Wildman–Crippen MR) is 51.1 cm³/mol. The first-order chi connectivity index (χ1) is 6.43. The highest BCUT2D eigenvalue weighted by Gasteiger charge is 2.24. The highest BCUT2D eigenvalue weighted by atomic mass is 16.6. The molecule has 1 aromatic heterocycles. The van der Waals surface area contributed by atoms with E-state index < -0.39 is 4.92 Å². The summed E-state index contributed by atoms with van der Waals surface area (Å²) in [5.41, 5.74) is 0.674. The van der Waals surface area contributed by atoms with Crippen molar-refractivity contribution in [2.75, 3.05) is 14.1 Å². The Kier molecular flexibility index (Phi) is 2.85. The molecule has 0 spiro atoms. The first kappa shape index (κ1) is 10.6. The zero-order valence-electron chi connectivity index (χ0n) is 8.87. The highest BCUT2D eigenvalue weighted by molar-refractivity contribution is 5.28. The minimum atomic E-state index is -0.425.